The summed E-state index contributed by atoms with van der Waals surface area (Å²) in [6, 6.07) is 9.64. The lowest BCUT2D eigenvalue weighted by Gasteiger charge is -2.09. The highest BCUT2D eigenvalue weighted by molar-refractivity contribution is 5.86. The van der Waals surface area contributed by atoms with Crippen LogP contribution in [-0.2, 0) is 33.2 Å². The molecule has 0 aliphatic heterocycles. The monoisotopic (exact) mass is 426 g/mol. The average Bonchev–Trinajstić information content (AvgIpc) is 2.75. The number of hydrogen-bond acceptors (Lipinski definition) is 8. The summed E-state index contributed by atoms with van der Waals surface area (Å²) >= 11 is 0. The fraction of sp³-hybridized carbons (Fsp3) is 0.591. The molecule has 8 nitrogen and oxygen atoms in total. The summed E-state index contributed by atoms with van der Waals surface area (Å²) in [6.07, 6.45) is 0. The molecule has 1 aromatic rings. The fourth-order valence-corrected chi connectivity index (χ4v) is 2.03. The van der Waals surface area contributed by atoms with Crippen LogP contribution in [0.15, 0.2) is 42.5 Å². The molecule has 0 heterocycles. The highest BCUT2D eigenvalue weighted by atomic mass is 16.6. The second kappa shape index (κ2) is 19.0. The number of carbonyl (C=O) groups excluding carboxylic acids is 1. The molecule has 0 aliphatic carbocycles. The molecule has 0 amide bonds. The van der Waals surface area contributed by atoms with E-state index in [1.807, 2.05) is 30.3 Å². The lowest BCUT2D eigenvalue weighted by molar-refractivity contribution is -0.140. The van der Waals surface area contributed by atoms with Gasteiger partial charge in [-0.05, 0) is 19.1 Å². The van der Waals surface area contributed by atoms with Crippen LogP contribution in [0.5, 0.6) is 5.75 Å². The molecule has 1 aromatic carbocycles. The Morgan fingerprint density at radius 1 is 0.667 bits per heavy atom. The van der Waals surface area contributed by atoms with E-state index in [1.165, 1.54) is 0 Å². The zero-order valence-corrected chi connectivity index (χ0v) is 17.8. The third-order valence-corrected chi connectivity index (χ3v) is 3.54. The highest BCUT2D eigenvalue weighted by Gasteiger charge is 2.01. The van der Waals surface area contributed by atoms with E-state index in [4.69, 9.17) is 33.2 Å². The molecule has 0 spiro atoms. The Balaban J connectivity index is 1.70. The van der Waals surface area contributed by atoms with Crippen LogP contribution in [-0.4, -0.2) is 85.3 Å². The van der Waals surface area contributed by atoms with E-state index in [2.05, 4.69) is 6.58 Å². The SMILES string of the molecule is C=C(C)C(=O)OCCOCCOCCOCCOCCOCCOc1ccccc1. The van der Waals surface area contributed by atoms with Crippen LogP contribution in [0.1, 0.15) is 6.92 Å². The van der Waals surface area contributed by atoms with E-state index >= 15 is 0 Å². The Kier molecular flexibility index (Phi) is 16.5. The van der Waals surface area contributed by atoms with Crippen molar-refractivity contribution in [3.8, 4) is 5.75 Å². The Bertz CT molecular complexity index is 549. The smallest absolute Gasteiger partial charge is 0.333 e. The van der Waals surface area contributed by atoms with Crippen LogP contribution < -0.4 is 4.74 Å². The molecule has 0 atom stereocenters. The molecule has 0 unspecified atom stereocenters. The zero-order valence-electron chi connectivity index (χ0n) is 17.8. The first kappa shape index (κ1) is 26.1. The summed E-state index contributed by atoms with van der Waals surface area (Å²) in [5.74, 6) is 0.435. The minimum atomic E-state index is -0.406. The summed E-state index contributed by atoms with van der Waals surface area (Å²) in [5, 5.41) is 0. The lowest BCUT2D eigenvalue weighted by atomic mass is 10.3. The van der Waals surface area contributed by atoms with E-state index in [1.54, 1.807) is 6.92 Å². The van der Waals surface area contributed by atoms with Crippen LogP contribution in [0, 0.1) is 0 Å². The first-order valence-corrected chi connectivity index (χ1v) is 10.1. The number of para-hydroxylation sites is 1. The normalized spacial score (nSPS) is 10.7. The van der Waals surface area contributed by atoms with Crippen molar-refractivity contribution < 1.29 is 38.0 Å². The third kappa shape index (κ3) is 15.9. The minimum absolute atomic E-state index is 0.210. The van der Waals surface area contributed by atoms with Gasteiger partial charge in [-0.15, -0.1) is 0 Å². The molecule has 0 saturated carbocycles. The molecule has 0 fully saturated rings. The maximum atomic E-state index is 11.1. The number of carbonyl (C=O) groups is 1. The Labute approximate surface area is 179 Å². The van der Waals surface area contributed by atoms with Gasteiger partial charge in [-0.25, -0.2) is 4.79 Å². The Morgan fingerprint density at radius 3 is 1.50 bits per heavy atom. The molecule has 1 rings (SSSR count). The molecule has 170 valence electrons. The van der Waals surface area contributed by atoms with Gasteiger partial charge < -0.3 is 33.2 Å². The molecule has 0 aromatic heterocycles. The third-order valence-electron chi connectivity index (χ3n) is 3.54. The van der Waals surface area contributed by atoms with Gasteiger partial charge in [0.15, 0.2) is 0 Å². The van der Waals surface area contributed by atoms with Crippen molar-refractivity contribution in [3.05, 3.63) is 42.5 Å². The van der Waals surface area contributed by atoms with E-state index in [-0.39, 0.29) is 6.61 Å². The quantitative estimate of drug-likeness (QED) is 0.178. The van der Waals surface area contributed by atoms with Crippen LogP contribution in [0.25, 0.3) is 0 Å². The second-order valence-electron chi connectivity index (χ2n) is 6.14. The van der Waals surface area contributed by atoms with E-state index in [9.17, 15) is 4.79 Å². The number of benzene rings is 1. The molecule has 0 N–H and O–H groups in total. The van der Waals surface area contributed by atoms with E-state index in [0.29, 0.717) is 78.2 Å². The maximum absolute atomic E-state index is 11.1. The largest absolute Gasteiger partial charge is 0.491 e. The summed E-state index contributed by atoms with van der Waals surface area (Å²) < 4.78 is 37.3. The number of rotatable bonds is 20. The molecule has 0 radical (unpaired) electrons. The van der Waals surface area contributed by atoms with Gasteiger partial charge in [-0.2, -0.15) is 0 Å². The van der Waals surface area contributed by atoms with Gasteiger partial charge >= 0.3 is 5.97 Å². The van der Waals surface area contributed by atoms with Crippen LogP contribution in [0.3, 0.4) is 0 Å². The minimum Gasteiger partial charge on any atom is -0.491 e. The van der Waals surface area contributed by atoms with Crippen molar-refractivity contribution in [1.82, 2.24) is 0 Å². The standard InChI is InChI=1S/C22H34O8/c1-20(2)22(23)30-19-17-28-15-13-26-11-9-24-8-10-25-12-14-27-16-18-29-21-6-4-3-5-7-21/h3-7H,1,8-19H2,2H3. The molecule has 0 aliphatic rings. The van der Waals surface area contributed by atoms with Gasteiger partial charge in [-0.3, -0.25) is 0 Å². The van der Waals surface area contributed by atoms with Crippen LogP contribution in [0.4, 0.5) is 0 Å². The first-order chi connectivity index (χ1) is 14.7. The van der Waals surface area contributed by atoms with Crippen molar-refractivity contribution in [2.45, 2.75) is 6.92 Å². The second-order valence-corrected chi connectivity index (χ2v) is 6.14. The number of ether oxygens (including phenoxy) is 7. The van der Waals surface area contributed by atoms with Crippen molar-refractivity contribution in [1.29, 1.82) is 0 Å². The number of esters is 1. The summed E-state index contributed by atoms with van der Waals surface area (Å²) in [4.78, 5) is 11.1. The molecule has 8 heteroatoms. The summed E-state index contributed by atoms with van der Waals surface area (Å²) in [6.45, 7) is 10.6. The molecule has 0 saturated heterocycles. The van der Waals surface area contributed by atoms with Crippen molar-refractivity contribution >= 4 is 5.97 Å². The topological polar surface area (TPSA) is 81.7 Å². The van der Waals surface area contributed by atoms with Gasteiger partial charge in [0.05, 0.1) is 66.1 Å². The van der Waals surface area contributed by atoms with Crippen molar-refractivity contribution in [2.75, 3.05) is 79.3 Å². The van der Waals surface area contributed by atoms with E-state index < -0.39 is 5.97 Å². The molecular weight excluding hydrogens is 392 g/mol. The predicted molar refractivity (Wildman–Crippen MR) is 112 cm³/mol. The number of hydrogen-bond donors (Lipinski definition) is 0. The summed E-state index contributed by atoms with van der Waals surface area (Å²) in [7, 11) is 0. The van der Waals surface area contributed by atoms with Crippen LogP contribution >= 0.6 is 0 Å². The molecular formula is C22H34O8. The Hall–Kier alpha value is -1.97. The Morgan fingerprint density at radius 2 is 1.07 bits per heavy atom. The van der Waals surface area contributed by atoms with Gasteiger partial charge in [-0.1, -0.05) is 24.8 Å². The molecule has 0 bridgehead atoms. The zero-order chi connectivity index (χ0) is 21.7. The predicted octanol–water partition coefficient (Wildman–Crippen LogP) is 2.27. The van der Waals surface area contributed by atoms with E-state index in [0.717, 1.165) is 5.75 Å². The maximum Gasteiger partial charge on any atom is 0.333 e. The molecule has 30 heavy (non-hydrogen) atoms. The van der Waals surface area contributed by atoms with Gasteiger partial charge in [0.1, 0.15) is 19.0 Å². The van der Waals surface area contributed by atoms with Gasteiger partial charge in [0.2, 0.25) is 0 Å². The van der Waals surface area contributed by atoms with Crippen molar-refractivity contribution in [3.63, 3.8) is 0 Å². The fourth-order valence-electron chi connectivity index (χ4n) is 2.03. The summed E-state index contributed by atoms with van der Waals surface area (Å²) in [5.41, 5.74) is 0.377. The lowest BCUT2D eigenvalue weighted by Crippen LogP contribution is -2.15. The van der Waals surface area contributed by atoms with Gasteiger partial charge in [0.25, 0.3) is 0 Å². The highest BCUT2D eigenvalue weighted by Crippen LogP contribution is 2.07. The van der Waals surface area contributed by atoms with Gasteiger partial charge in [0, 0.05) is 5.57 Å². The average molecular weight is 427 g/mol. The van der Waals surface area contributed by atoms with Crippen molar-refractivity contribution in [2.24, 2.45) is 0 Å². The van der Waals surface area contributed by atoms with Crippen LogP contribution in [0.2, 0.25) is 0 Å². The first-order valence-electron chi connectivity index (χ1n) is 10.1.